The average molecular weight is 437 g/mol. The van der Waals surface area contributed by atoms with Gasteiger partial charge in [-0.25, -0.2) is 8.42 Å². The molecule has 0 saturated heterocycles. The molecule has 162 valence electrons. The second kappa shape index (κ2) is 9.49. The van der Waals surface area contributed by atoms with Crippen LogP contribution < -0.4 is 18.9 Å². The third-order valence-corrected chi connectivity index (χ3v) is 5.67. The van der Waals surface area contributed by atoms with Crippen molar-refractivity contribution in [2.75, 3.05) is 28.4 Å². The van der Waals surface area contributed by atoms with Crippen molar-refractivity contribution in [2.24, 2.45) is 0 Å². The van der Waals surface area contributed by atoms with Gasteiger partial charge >= 0.3 is 0 Å². The van der Waals surface area contributed by atoms with Gasteiger partial charge in [-0.1, -0.05) is 0 Å². The van der Waals surface area contributed by atoms with Gasteiger partial charge in [-0.05, 0) is 31.2 Å². The zero-order valence-electron chi connectivity index (χ0n) is 17.3. The van der Waals surface area contributed by atoms with E-state index in [4.69, 9.17) is 18.9 Å². The maximum absolute atomic E-state index is 12.7. The molecule has 0 amide bonds. The van der Waals surface area contributed by atoms with Crippen molar-refractivity contribution in [3.8, 4) is 23.0 Å². The lowest BCUT2D eigenvalue weighted by molar-refractivity contribution is -0.385. The van der Waals surface area contributed by atoms with Crippen LogP contribution in [0.2, 0.25) is 0 Å². The molecule has 9 nitrogen and oxygen atoms in total. The van der Waals surface area contributed by atoms with Gasteiger partial charge in [0.1, 0.15) is 11.5 Å². The molecule has 0 spiro atoms. The van der Waals surface area contributed by atoms with Crippen molar-refractivity contribution in [1.82, 2.24) is 0 Å². The molecule has 2 rings (SSSR count). The third-order valence-electron chi connectivity index (χ3n) is 4.40. The van der Waals surface area contributed by atoms with E-state index in [1.54, 1.807) is 19.1 Å². The quantitative estimate of drug-likeness (QED) is 0.432. The number of methoxy groups -OCH3 is 4. The van der Waals surface area contributed by atoms with Crippen molar-refractivity contribution in [3.63, 3.8) is 0 Å². The van der Waals surface area contributed by atoms with Crippen molar-refractivity contribution < 1.29 is 32.3 Å². The number of nitrogens with zero attached hydrogens (tertiary/aromatic N) is 1. The van der Waals surface area contributed by atoms with Gasteiger partial charge in [-0.2, -0.15) is 0 Å². The summed E-state index contributed by atoms with van der Waals surface area (Å²) in [6.45, 7) is 1.79. The SMILES string of the molecule is COc1cc(CS(=O)(=O)C=Cc2ccc(OC)c(C)c2OC)c([N+](=O)[O-])cc1OC. The highest BCUT2D eigenvalue weighted by atomic mass is 32.2. The Bertz CT molecular complexity index is 1080. The maximum Gasteiger partial charge on any atom is 0.277 e. The molecule has 0 bridgehead atoms. The summed E-state index contributed by atoms with van der Waals surface area (Å²) < 4.78 is 46.1. The molecule has 30 heavy (non-hydrogen) atoms. The summed E-state index contributed by atoms with van der Waals surface area (Å²) in [5.41, 5.74) is 0.860. The fourth-order valence-electron chi connectivity index (χ4n) is 2.96. The van der Waals surface area contributed by atoms with Crippen molar-refractivity contribution in [1.29, 1.82) is 0 Å². The second-order valence-corrected chi connectivity index (χ2v) is 8.10. The highest BCUT2D eigenvalue weighted by molar-refractivity contribution is 7.93. The van der Waals surface area contributed by atoms with Crippen LogP contribution in [0.3, 0.4) is 0 Å². The molecule has 0 radical (unpaired) electrons. The van der Waals surface area contributed by atoms with Crippen LogP contribution in [0.1, 0.15) is 16.7 Å². The predicted octanol–water partition coefficient (Wildman–Crippen LogP) is 3.52. The zero-order valence-corrected chi connectivity index (χ0v) is 18.1. The Kier molecular flexibility index (Phi) is 7.28. The average Bonchev–Trinajstić information content (AvgIpc) is 2.71. The third kappa shape index (κ3) is 5.01. The molecule has 0 unspecified atom stereocenters. The molecule has 0 aliphatic carbocycles. The number of hydrogen-bond donors (Lipinski definition) is 0. The van der Waals surface area contributed by atoms with E-state index in [1.807, 2.05) is 0 Å². The van der Waals surface area contributed by atoms with Crippen LogP contribution in [0.4, 0.5) is 5.69 Å². The molecule has 0 aliphatic heterocycles. The first-order valence-electron chi connectivity index (χ1n) is 8.69. The van der Waals surface area contributed by atoms with E-state index in [1.165, 1.54) is 40.6 Å². The molecule has 0 saturated carbocycles. The maximum atomic E-state index is 12.7. The number of ether oxygens (including phenoxy) is 4. The number of nitro groups is 1. The van der Waals surface area contributed by atoms with Gasteiger partial charge in [-0.15, -0.1) is 0 Å². The highest BCUT2D eigenvalue weighted by Crippen LogP contribution is 2.36. The summed E-state index contributed by atoms with van der Waals surface area (Å²) in [4.78, 5) is 10.7. The van der Waals surface area contributed by atoms with Crippen LogP contribution in [0.25, 0.3) is 6.08 Å². The number of rotatable bonds is 9. The van der Waals surface area contributed by atoms with E-state index >= 15 is 0 Å². The first-order chi connectivity index (χ1) is 14.2. The van der Waals surface area contributed by atoms with E-state index in [0.717, 1.165) is 17.0 Å². The smallest absolute Gasteiger partial charge is 0.277 e. The molecular formula is C20H23NO8S. The Balaban J connectivity index is 2.43. The number of nitro benzene ring substituents is 1. The molecular weight excluding hydrogens is 414 g/mol. The van der Waals surface area contributed by atoms with Crippen LogP contribution in [-0.2, 0) is 15.6 Å². The molecule has 10 heteroatoms. The Labute approximate surface area is 174 Å². The van der Waals surface area contributed by atoms with E-state index in [0.29, 0.717) is 17.1 Å². The standard InChI is InChI=1S/C20H23NO8S/c1-13-17(26-2)7-6-14(20(13)29-5)8-9-30(24,25)12-15-10-18(27-3)19(28-4)11-16(15)21(22)23/h6-11H,12H2,1-5H3. The van der Waals surface area contributed by atoms with Crippen molar-refractivity contribution in [3.05, 3.63) is 56.5 Å². The Morgan fingerprint density at radius 3 is 2.10 bits per heavy atom. The summed E-state index contributed by atoms with van der Waals surface area (Å²) in [5.74, 6) is 0.826. The van der Waals surface area contributed by atoms with Crippen molar-refractivity contribution >= 4 is 21.6 Å². The molecule has 0 aliphatic rings. The van der Waals surface area contributed by atoms with E-state index in [-0.39, 0.29) is 22.7 Å². The Hall–Kier alpha value is -3.27. The van der Waals surface area contributed by atoms with Crippen LogP contribution >= 0.6 is 0 Å². The lowest BCUT2D eigenvalue weighted by Crippen LogP contribution is -2.05. The van der Waals surface area contributed by atoms with Crippen molar-refractivity contribution in [2.45, 2.75) is 12.7 Å². The summed E-state index contributed by atoms with van der Waals surface area (Å²) >= 11 is 0. The zero-order chi connectivity index (χ0) is 22.5. The fraction of sp³-hybridized carbons (Fsp3) is 0.300. The molecule has 2 aromatic rings. The lowest BCUT2D eigenvalue weighted by atomic mass is 10.1. The first-order valence-corrected chi connectivity index (χ1v) is 10.4. The van der Waals surface area contributed by atoms with E-state index in [2.05, 4.69) is 0 Å². The number of sulfone groups is 1. The minimum absolute atomic E-state index is 0.0137. The summed E-state index contributed by atoms with van der Waals surface area (Å²) in [6, 6.07) is 5.79. The molecule has 0 atom stereocenters. The molecule has 0 heterocycles. The van der Waals surface area contributed by atoms with Gasteiger partial charge < -0.3 is 18.9 Å². The predicted molar refractivity (Wildman–Crippen MR) is 112 cm³/mol. The fourth-order valence-corrected chi connectivity index (χ4v) is 4.07. The van der Waals surface area contributed by atoms with Crippen LogP contribution in [0.5, 0.6) is 23.0 Å². The van der Waals surface area contributed by atoms with Gasteiger partial charge in [0, 0.05) is 22.1 Å². The van der Waals surface area contributed by atoms with Gasteiger partial charge in [0.2, 0.25) is 0 Å². The number of hydrogen-bond acceptors (Lipinski definition) is 8. The lowest BCUT2D eigenvalue weighted by Gasteiger charge is -2.12. The van der Waals surface area contributed by atoms with E-state index < -0.39 is 20.5 Å². The molecule has 0 N–H and O–H groups in total. The van der Waals surface area contributed by atoms with Gasteiger partial charge in [-0.3, -0.25) is 10.1 Å². The van der Waals surface area contributed by atoms with Crippen LogP contribution in [0, 0.1) is 17.0 Å². The van der Waals surface area contributed by atoms with Gasteiger partial charge in [0.15, 0.2) is 21.3 Å². The largest absolute Gasteiger partial charge is 0.496 e. The molecule has 0 fully saturated rings. The van der Waals surface area contributed by atoms with Crippen LogP contribution in [0.15, 0.2) is 29.7 Å². The normalized spacial score (nSPS) is 11.4. The topological polar surface area (TPSA) is 114 Å². The summed E-state index contributed by atoms with van der Waals surface area (Å²) in [5, 5.41) is 12.4. The second-order valence-electron chi connectivity index (χ2n) is 6.22. The summed E-state index contributed by atoms with van der Waals surface area (Å²) in [6.07, 6.45) is 1.38. The Morgan fingerprint density at radius 1 is 0.967 bits per heavy atom. The Morgan fingerprint density at radius 2 is 1.57 bits per heavy atom. The highest BCUT2D eigenvalue weighted by Gasteiger charge is 2.23. The molecule has 2 aromatic carbocycles. The van der Waals surface area contributed by atoms with Crippen LogP contribution in [-0.4, -0.2) is 41.8 Å². The van der Waals surface area contributed by atoms with Gasteiger partial charge in [0.25, 0.3) is 5.69 Å². The summed E-state index contributed by atoms with van der Waals surface area (Å²) in [7, 11) is 1.84. The van der Waals surface area contributed by atoms with E-state index in [9.17, 15) is 18.5 Å². The minimum atomic E-state index is -3.86. The number of benzene rings is 2. The van der Waals surface area contributed by atoms with Gasteiger partial charge in [0.05, 0.1) is 45.2 Å². The first kappa shape index (κ1) is 23.0. The monoisotopic (exact) mass is 437 g/mol. The molecule has 0 aromatic heterocycles. The minimum Gasteiger partial charge on any atom is -0.496 e.